The SMILES string of the molecule is C#CCN(CC)S(=O)(=O)c1ccc2c(c1)NCC2. The quantitative estimate of drug-likeness (QED) is 0.834. The second-order valence-electron chi connectivity index (χ2n) is 4.13. The summed E-state index contributed by atoms with van der Waals surface area (Å²) in [5, 5.41) is 3.18. The molecule has 0 aliphatic carbocycles. The van der Waals surface area contributed by atoms with E-state index in [-0.39, 0.29) is 6.54 Å². The molecule has 0 amide bonds. The second kappa shape index (κ2) is 5.01. The monoisotopic (exact) mass is 264 g/mol. The predicted molar refractivity (Wildman–Crippen MR) is 71.9 cm³/mol. The number of nitrogens with one attached hydrogen (secondary N) is 1. The van der Waals surface area contributed by atoms with Crippen LogP contribution in [0.15, 0.2) is 23.1 Å². The Morgan fingerprint density at radius 3 is 2.94 bits per heavy atom. The van der Waals surface area contributed by atoms with Gasteiger partial charge >= 0.3 is 0 Å². The summed E-state index contributed by atoms with van der Waals surface area (Å²) >= 11 is 0. The number of hydrogen-bond acceptors (Lipinski definition) is 3. The number of benzene rings is 1. The van der Waals surface area contributed by atoms with Crippen LogP contribution in [-0.2, 0) is 16.4 Å². The van der Waals surface area contributed by atoms with Crippen LogP contribution in [0.2, 0.25) is 0 Å². The van der Waals surface area contributed by atoms with E-state index in [1.165, 1.54) is 4.31 Å². The zero-order chi connectivity index (χ0) is 13.2. The molecule has 0 fully saturated rings. The Bertz CT molecular complexity index is 587. The van der Waals surface area contributed by atoms with Crippen molar-refractivity contribution in [3.8, 4) is 12.3 Å². The highest BCUT2D eigenvalue weighted by atomic mass is 32.2. The third kappa shape index (κ3) is 2.22. The van der Waals surface area contributed by atoms with Crippen LogP contribution in [-0.4, -0.2) is 32.4 Å². The molecule has 0 aromatic heterocycles. The molecule has 4 nitrogen and oxygen atoms in total. The average Bonchev–Trinajstić information content (AvgIpc) is 2.82. The van der Waals surface area contributed by atoms with Gasteiger partial charge in [0.05, 0.1) is 11.4 Å². The van der Waals surface area contributed by atoms with Gasteiger partial charge in [-0.25, -0.2) is 8.42 Å². The first-order valence-electron chi connectivity index (χ1n) is 5.90. The Hall–Kier alpha value is -1.51. The lowest BCUT2D eigenvalue weighted by atomic mass is 10.2. The second-order valence-corrected chi connectivity index (χ2v) is 6.07. The van der Waals surface area contributed by atoms with Crippen LogP contribution in [0.4, 0.5) is 5.69 Å². The molecular weight excluding hydrogens is 248 g/mol. The molecule has 0 unspecified atom stereocenters. The Kier molecular flexibility index (Phi) is 3.60. The molecule has 0 bridgehead atoms. The third-order valence-electron chi connectivity index (χ3n) is 3.05. The molecule has 5 heteroatoms. The Balaban J connectivity index is 2.38. The number of fused-ring (bicyclic) bond motifs is 1. The molecule has 0 saturated heterocycles. The summed E-state index contributed by atoms with van der Waals surface area (Å²) in [6.45, 7) is 3.11. The molecule has 1 aliphatic heterocycles. The van der Waals surface area contributed by atoms with Crippen LogP contribution in [0, 0.1) is 12.3 Å². The fourth-order valence-corrected chi connectivity index (χ4v) is 3.44. The first kappa shape index (κ1) is 12.9. The minimum Gasteiger partial charge on any atom is -0.384 e. The summed E-state index contributed by atoms with van der Waals surface area (Å²) in [4.78, 5) is 0.299. The lowest BCUT2D eigenvalue weighted by molar-refractivity contribution is 0.464. The van der Waals surface area contributed by atoms with Crippen molar-refractivity contribution < 1.29 is 8.42 Å². The van der Waals surface area contributed by atoms with Crippen LogP contribution in [0.1, 0.15) is 12.5 Å². The summed E-state index contributed by atoms with van der Waals surface area (Å²) in [7, 11) is -3.48. The number of hydrogen-bond donors (Lipinski definition) is 1. The van der Waals surface area contributed by atoms with Crippen LogP contribution in [0.25, 0.3) is 0 Å². The van der Waals surface area contributed by atoms with E-state index < -0.39 is 10.0 Å². The zero-order valence-corrected chi connectivity index (χ0v) is 11.1. The largest absolute Gasteiger partial charge is 0.384 e. The lowest BCUT2D eigenvalue weighted by Gasteiger charge is -2.18. The third-order valence-corrected chi connectivity index (χ3v) is 4.97. The van der Waals surface area contributed by atoms with E-state index in [0.717, 1.165) is 24.2 Å². The molecule has 0 saturated carbocycles. The van der Waals surface area contributed by atoms with Crippen molar-refractivity contribution in [3.63, 3.8) is 0 Å². The van der Waals surface area contributed by atoms with Gasteiger partial charge in [0.1, 0.15) is 0 Å². The van der Waals surface area contributed by atoms with Gasteiger partial charge in [0.25, 0.3) is 0 Å². The van der Waals surface area contributed by atoms with Crippen LogP contribution in [0.5, 0.6) is 0 Å². The fraction of sp³-hybridized carbons (Fsp3) is 0.385. The molecule has 2 rings (SSSR count). The van der Waals surface area contributed by atoms with E-state index in [2.05, 4.69) is 11.2 Å². The maximum absolute atomic E-state index is 12.4. The molecule has 1 N–H and O–H groups in total. The normalized spacial score (nSPS) is 14.1. The van der Waals surface area contributed by atoms with Gasteiger partial charge < -0.3 is 5.32 Å². The maximum Gasteiger partial charge on any atom is 0.244 e. The Morgan fingerprint density at radius 2 is 2.28 bits per heavy atom. The number of nitrogens with zero attached hydrogens (tertiary/aromatic N) is 1. The van der Waals surface area contributed by atoms with Crippen molar-refractivity contribution >= 4 is 15.7 Å². The smallest absolute Gasteiger partial charge is 0.244 e. The highest BCUT2D eigenvalue weighted by molar-refractivity contribution is 7.89. The van der Waals surface area contributed by atoms with Crippen molar-refractivity contribution in [1.82, 2.24) is 4.31 Å². The number of anilines is 1. The molecule has 0 radical (unpaired) electrons. The van der Waals surface area contributed by atoms with Gasteiger partial charge in [-0.2, -0.15) is 4.31 Å². The summed E-state index contributed by atoms with van der Waals surface area (Å²) < 4.78 is 26.0. The van der Waals surface area contributed by atoms with E-state index >= 15 is 0 Å². The number of sulfonamides is 1. The summed E-state index contributed by atoms with van der Waals surface area (Å²) in [6.07, 6.45) is 6.14. The molecule has 0 spiro atoms. The zero-order valence-electron chi connectivity index (χ0n) is 10.3. The van der Waals surface area contributed by atoms with Crippen LogP contribution in [0.3, 0.4) is 0 Å². The van der Waals surface area contributed by atoms with Crippen molar-refractivity contribution in [2.75, 3.05) is 25.0 Å². The van der Waals surface area contributed by atoms with E-state index in [1.54, 1.807) is 19.1 Å². The van der Waals surface area contributed by atoms with Gasteiger partial charge in [-0.1, -0.05) is 18.9 Å². The highest BCUT2D eigenvalue weighted by Gasteiger charge is 2.23. The van der Waals surface area contributed by atoms with E-state index in [0.29, 0.717) is 11.4 Å². The molecule has 96 valence electrons. The van der Waals surface area contributed by atoms with Gasteiger partial charge in [0, 0.05) is 18.8 Å². The van der Waals surface area contributed by atoms with Crippen molar-refractivity contribution in [2.24, 2.45) is 0 Å². The molecule has 18 heavy (non-hydrogen) atoms. The molecular formula is C13H16N2O2S. The molecule has 1 aromatic rings. The van der Waals surface area contributed by atoms with E-state index in [1.807, 2.05) is 6.07 Å². The van der Waals surface area contributed by atoms with E-state index in [4.69, 9.17) is 6.42 Å². The van der Waals surface area contributed by atoms with Gasteiger partial charge in [0.2, 0.25) is 10.0 Å². The van der Waals surface area contributed by atoms with Crippen molar-refractivity contribution in [1.29, 1.82) is 0 Å². The average molecular weight is 264 g/mol. The standard InChI is InChI=1S/C13H16N2O2S/c1-3-9-15(4-2)18(16,17)12-6-5-11-7-8-14-13(11)10-12/h1,5-6,10,14H,4,7-9H2,2H3. The summed E-state index contributed by atoms with van der Waals surface area (Å²) in [5.41, 5.74) is 2.07. The molecule has 0 atom stereocenters. The van der Waals surface area contributed by atoms with Crippen LogP contribution >= 0.6 is 0 Å². The van der Waals surface area contributed by atoms with Gasteiger partial charge in [-0.3, -0.25) is 0 Å². The number of rotatable bonds is 4. The van der Waals surface area contributed by atoms with Crippen molar-refractivity contribution in [2.45, 2.75) is 18.2 Å². The van der Waals surface area contributed by atoms with Gasteiger partial charge in [-0.05, 0) is 24.1 Å². The maximum atomic E-state index is 12.4. The molecule has 1 aromatic carbocycles. The summed E-state index contributed by atoms with van der Waals surface area (Å²) in [5.74, 6) is 2.38. The molecule has 1 aliphatic rings. The fourth-order valence-electron chi connectivity index (χ4n) is 2.05. The Morgan fingerprint density at radius 1 is 1.50 bits per heavy atom. The Labute approximate surface area is 108 Å². The van der Waals surface area contributed by atoms with Gasteiger partial charge in [-0.15, -0.1) is 6.42 Å². The minimum absolute atomic E-state index is 0.101. The minimum atomic E-state index is -3.48. The number of terminal acetylenes is 1. The lowest BCUT2D eigenvalue weighted by Crippen LogP contribution is -2.31. The highest BCUT2D eigenvalue weighted by Crippen LogP contribution is 2.26. The molecule has 1 heterocycles. The first-order chi connectivity index (χ1) is 8.59. The first-order valence-corrected chi connectivity index (χ1v) is 7.34. The van der Waals surface area contributed by atoms with Gasteiger partial charge in [0.15, 0.2) is 0 Å². The topological polar surface area (TPSA) is 49.4 Å². The summed E-state index contributed by atoms with van der Waals surface area (Å²) in [6, 6.07) is 5.21. The van der Waals surface area contributed by atoms with Crippen LogP contribution < -0.4 is 5.32 Å². The predicted octanol–water partition coefficient (Wildman–Crippen LogP) is 1.30. The van der Waals surface area contributed by atoms with E-state index in [9.17, 15) is 8.42 Å². The van der Waals surface area contributed by atoms with Crippen molar-refractivity contribution in [3.05, 3.63) is 23.8 Å².